The van der Waals surface area contributed by atoms with Crippen molar-refractivity contribution < 1.29 is 14.3 Å². The van der Waals surface area contributed by atoms with E-state index in [0.29, 0.717) is 18.3 Å². The summed E-state index contributed by atoms with van der Waals surface area (Å²) < 4.78 is 5.68. The summed E-state index contributed by atoms with van der Waals surface area (Å²) in [6.07, 6.45) is 7.34. The molecule has 0 atom stereocenters. The molecule has 7 heteroatoms. The van der Waals surface area contributed by atoms with Gasteiger partial charge in [-0.05, 0) is 75.3 Å². The maximum atomic E-state index is 13.0. The molecule has 0 spiro atoms. The van der Waals surface area contributed by atoms with E-state index < -0.39 is 0 Å². The van der Waals surface area contributed by atoms with Crippen LogP contribution in [0.15, 0.2) is 29.6 Å². The Labute approximate surface area is 193 Å². The zero-order valence-electron chi connectivity index (χ0n) is 18.6. The van der Waals surface area contributed by atoms with Crippen LogP contribution in [0.25, 0.3) is 11.3 Å². The molecule has 1 aromatic heterocycles. The van der Waals surface area contributed by atoms with Gasteiger partial charge in [-0.3, -0.25) is 9.59 Å². The zero-order chi connectivity index (χ0) is 22.1. The summed E-state index contributed by atoms with van der Waals surface area (Å²) in [4.78, 5) is 30.0. The molecule has 170 valence electrons. The highest BCUT2D eigenvalue weighted by Crippen LogP contribution is 2.60. The number of anilines is 1. The quantitative estimate of drug-likeness (QED) is 0.598. The van der Waals surface area contributed by atoms with Crippen molar-refractivity contribution in [3.8, 4) is 17.0 Å². The Bertz CT molecular complexity index is 967. The van der Waals surface area contributed by atoms with Crippen LogP contribution >= 0.6 is 11.3 Å². The summed E-state index contributed by atoms with van der Waals surface area (Å²) >= 11 is 1.39. The SMILES string of the molecule is CCOc1ccccc1-c1csc(NC(=O)CCNC(=O)C23CC4CC(CC(C4)C2)C3)n1. The number of hydrogen-bond donors (Lipinski definition) is 2. The molecule has 32 heavy (non-hydrogen) atoms. The minimum Gasteiger partial charge on any atom is -0.493 e. The fraction of sp³-hybridized carbons (Fsp3) is 0.560. The molecule has 6 rings (SSSR count). The summed E-state index contributed by atoms with van der Waals surface area (Å²) in [6, 6.07) is 7.76. The molecule has 4 bridgehead atoms. The van der Waals surface area contributed by atoms with Gasteiger partial charge in [-0.15, -0.1) is 11.3 Å². The van der Waals surface area contributed by atoms with Crippen molar-refractivity contribution in [1.29, 1.82) is 0 Å². The Balaban J connectivity index is 1.13. The van der Waals surface area contributed by atoms with Crippen molar-refractivity contribution in [2.45, 2.75) is 51.9 Å². The van der Waals surface area contributed by atoms with E-state index >= 15 is 0 Å². The van der Waals surface area contributed by atoms with Gasteiger partial charge < -0.3 is 15.4 Å². The van der Waals surface area contributed by atoms with Crippen LogP contribution in [-0.2, 0) is 9.59 Å². The number of rotatable bonds is 8. The molecule has 4 saturated carbocycles. The second-order valence-corrected chi connectivity index (χ2v) is 10.6. The summed E-state index contributed by atoms with van der Waals surface area (Å²) in [5.41, 5.74) is 1.53. The van der Waals surface area contributed by atoms with Crippen LogP contribution < -0.4 is 15.4 Å². The molecule has 4 fully saturated rings. The number of amides is 2. The Morgan fingerprint density at radius 2 is 1.81 bits per heavy atom. The lowest BCUT2D eigenvalue weighted by molar-refractivity contribution is -0.146. The minimum atomic E-state index is -0.163. The van der Waals surface area contributed by atoms with Gasteiger partial charge >= 0.3 is 0 Å². The largest absolute Gasteiger partial charge is 0.493 e. The third-order valence-electron chi connectivity index (χ3n) is 7.37. The number of ether oxygens (including phenoxy) is 1. The van der Waals surface area contributed by atoms with Crippen LogP contribution in [0.1, 0.15) is 51.9 Å². The number of nitrogens with zero attached hydrogens (tertiary/aromatic N) is 1. The number of carbonyl (C=O) groups is 2. The standard InChI is InChI=1S/C25H31N3O3S/c1-2-31-21-6-4-3-5-19(21)20-15-32-24(27-20)28-22(29)7-8-26-23(30)25-12-16-9-17(13-25)11-18(10-16)14-25/h3-6,15-18H,2,7-14H2,1H3,(H,26,30)(H,27,28,29). The van der Waals surface area contributed by atoms with E-state index in [4.69, 9.17) is 4.74 Å². The van der Waals surface area contributed by atoms with Gasteiger partial charge in [0.25, 0.3) is 0 Å². The van der Waals surface area contributed by atoms with E-state index in [1.54, 1.807) is 0 Å². The van der Waals surface area contributed by atoms with E-state index in [0.717, 1.165) is 54.0 Å². The van der Waals surface area contributed by atoms with Crippen LogP contribution in [-0.4, -0.2) is 29.9 Å². The summed E-state index contributed by atoms with van der Waals surface area (Å²) in [5, 5.41) is 8.42. The molecule has 4 aliphatic carbocycles. The molecule has 1 heterocycles. The van der Waals surface area contributed by atoms with Crippen LogP contribution in [0.5, 0.6) is 5.75 Å². The van der Waals surface area contributed by atoms with Gasteiger partial charge in [-0.2, -0.15) is 0 Å². The average molecular weight is 454 g/mol. The van der Waals surface area contributed by atoms with E-state index in [1.165, 1.54) is 30.6 Å². The van der Waals surface area contributed by atoms with Crippen molar-refractivity contribution in [2.24, 2.45) is 23.2 Å². The first-order chi connectivity index (χ1) is 15.5. The van der Waals surface area contributed by atoms with Crippen molar-refractivity contribution in [3.05, 3.63) is 29.6 Å². The molecule has 0 unspecified atom stereocenters. The van der Waals surface area contributed by atoms with Gasteiger partial charge in [-0.25, -0.2) is 4.98 Å². The normalized spacial score (nSPS) is 27.8. The second kappa shape index (κ2) is 8.85. The van der Waals surface area contributed by atoms with Crippen LogP contribution in [0.2, 0.25) is 0 Å². The Morgan fingerprint density at radius 3 is 2.50 bits per heavy atom. The monoisotopic (exact) mass is 453 g/mol. The Morgan fingerprint density at radius 1 is 1.12 bits per heavy atom. The van der Waals surface area contributed by atoms with Crippen LogP contribution in [0.4, 0.5) is 5.13 Å². The Hall–Kier alpha value is -2.41. The molecule has 4 aliphatic rings. The zero-order valence-corrected chi connectivity index (χ0v) is 19.4. The number of nitrogens with one attached hydrogen (secondary N) is 2. The number of hydrogen-bond acceptors (Lipinski definition) is 5. The second-order valence-electron chi connectivity index (χ2n) is 9.72. The third-order valence-corrected chi connectivity index (χ3v) is 8.13. The van der Waals surface area contributed by atoms with Crippen LogP contribution in [0, 0.1) is 23.2 Å². The average Bonchev–Trinajstić information content (AvgIpc) is 3.21. The Kier molecular flexibility index (Phi) is 5.93. The molecular weight excluding hydrogens is 422 g/mol. The third kappa shape index (κ3) is 4.27. The number of aromatic nitrogens is 1. The van der Waals surface area contributed by atoms with Gasteiger partial charge in [0.1, 0.15) is 5.75 Å². The number of carbonyl (C=O) groups excluding carboxylic acids is 2. The fourth-order valence-corrected chi connectivity index (χ4v) is 7.19. The van der Waals surface area contributed by atoms with Crippen molar-refractivity contribution in [2.75, 3.05) is 18.5 Å². The molecule has 0 aliphatic heterocycles. The lowest BCUT2D eigenvalue weighted by Crippen LogP contribution is -2.53. The topological polar surface area (TPSA) is 80.3 Å². The molecule has 2 amide bonds. The van der Waals surface area contributed by atoms with Crippen molar-refractivity contribution in [1.82, 2.24) is 10.3 Å². The fourth-order valence-electron chi connectivity index (χ4n) is 6.46. The predicted molar refractivity (Wildman–Crippen MR) is 126 cm³/mol. The van der Waals surface area contributed by atoms with Crippen LogP contribution in [0.3, 0.4) is 0 Å². The van der Waals surface area contributed by atoms with Gasteiger partial charge in [0.05, 0.1) is 12.3 Å². The van der Waals surface area contributed by atoms with E-state index in [-0.39, 0.29) is 23.7 Å². The van der Waals surface area contributed by atoms with Crippen molar-refractivity contribution >= 4 is 28.3 Å². The van der Waals surface area contributed by atoms with Crippen molar-refractivity contribution in [3.63, 3.8) is 0 Å². The summed E-state index contributed by atoms with van der Waals surface area (Å²) in [6.45, 7) is 2.91. The molecular formula is C25H31N3O3S. The molecule has 0 saturated heterocycles. The molecule has 0 radical (unpaired) electrons. The highest BCUT2D eigenvalue weighted by Gasteiger charge is 2.54. The molecule has 2 aromatic rings. The van der Waals surface area contributed by atoms with E-state index in [2.05, 4.69) is 15.6 Å². The molecule has 1 aromatic carbocycles. The summed E-state index contributed by atoms with van der Waals surface area (Å²) in [5.74, 6) is 3.04. The minimum absolute atomic E-state index is 0.130. The van der Waals surface area contributed by atoms with E-state index in [9.17, 15) is 9.59 Å². The smallest absolute Gasteiger partial charge is 0.227 e. The lowest BCUT2D eigenvalue weighted by Gasteiger charge is -2.55. The molecule has 2 N–H and O–H groups in total. The highest BCUT2D eigenvalue weighted by molar-refractivity contribution is 7.14. The first-order valence-corrected chi connectivity index (χ1v) is 12.7. The highest BCUT2D eigenvalue weighted by atomic mass is 32.1. The summed E-state index contributed by atoms with van der Waals surface area (Å²) in [7, 11) is 0. The maximum absolute atomic E-state index is 13.0. The number of benzene rings is 1. The first-order valence-electron chi connectivity index (χ1n) is 11.8. The maximum Gasteiger partial charge on any atom is 0.227 e. The molecule has 6 nitrogen and oxygen atoms in total. The first kappa shape index (κ1) is 21.4. The number of para-hydroxylation sites is 1. The lowest BCUT2D eigenvalue weighted by atomic mass is 9.49. The number of thiazole rings is 1. The van der Waals surface area contributed by atoms with E-state index in [1.807, 2.05) is 36.6 Å². The van der Waals surface area contributed by atoms with Gasteiger partial charge in [0.15, 0.2) is 5.13 Å². The van der Waals surface area contributed by atoms with Gasteiger partial charge in [0, 0.05) is 29.3 Å². The van der Waals surface area contributed by atoms with Gasteiger partial charge in [-0.1, -0.05) is 12.1 Å². The predicted octanol–water partition coefficient (Wildman–Crippen LogP) is 4.87. The van der Waals surface area contributed by atoms with Gasteiger partial charge in [0.2, 0.25) is 11.8 Å².